The molecule has 35 heavy (non-hydrogen) atoms. The van der Waals surface area contributed by atoms with E-state index >= 15 is 0 Å². The number of ether oxygens (including phenoxy) is 1. The fourth-order valence-electron chi connectivity index (χ4n) is 3.05. The van der Waals surface area contributed by atoms with E-state index in [2.05, 4.69) is 27.2 Å². The van der Waals surface area contributed by atoms with Crippen LogP contribution >= 0.6 is 12.4 Å². The highest BCUT2D eigenvalue weighted by molar-refractivity contribution is 6.09. The van der Waals surface area contributed by atoms with Crippen molar-refractivity contribution in [3.63, 3.8) is 0 Å². The molecule has 0 aliphatic carbocycles. The molecule has 0 saturated heterocycles. The number of rotatable bonds is 11. The molecule has 0 aliphatic heterocycles. The molecule has 0 spiro atoms. The minimum absolute atomic E-state index is 0. The van der Waals surface area contributed by atoms with Gasteiger partial charge in [-0.3, -0.25) is 14.8 Å². The molecule has 10 nitrogen and oxygen atoms in total. The van der Waals surface area contributed by atoms with Crippen LogP contribution in [0, 0.1) is 0 Å². The lowest BCUT2D eigenvalue weighted by Crippen LogP contribution is -2.21. The van der Waals surface area contributed by atoms with Crippen molar-refractivity contribution >= 4 is 52.9 Å². The van der Waals surface area contributed by atoms with Gasteiger partial charge in [-0.1, -0.05) is 12.6 Å². The van der Waals surface area contributed by atoms with Crippen molar-refractivity contribution in [2.45, 2.75) is 25.9 Å². The van der Waals surface area contributed by atoms with E-state index in [1.165, 1.54) is 6.08 Å². The molecule has 1 aromatic heterocycles. The maximum Gasteiger partial charge on any atom is 0.243 e. The Labute approximate surface area is 209 Å². The molecule has 3 aromatic rings. The van der Waals surface area contributed by atoms with Crippen LogP contribution in [0.25, 0.3) is 0 Å². The Morgan fingerprint density at radius 2 is 1.91 bits per heavy atom. The molecule has 2 aromatic carbocycles. The highest BCUT2D eigenvalue weighted by Crippen LogP contribution is 2.27. The number of carbonyl (C=O) groups excluding carboxylic acids is 2. The van der Waals surface area contributed by atoms with Gasteiger partial charge in [-0.25, -0.2) is 10.5 Å². The number of nitrogens with two attached hydrogens (primary N) is 1. The first-order valence-corrected chi connectivity index (χ1v) is 10.5. The molecule has 0 aliphatic rings. The molecular formula is C24H27ClN6O4. The van der Waals surface area contributed by atoms with Crippen LogP contribution in [0.4, 0.5) is 28.8 Å². The molecule has 184 valence electrons. The number of aromatic nitrogens is 2. The second-order valence-corrected chi connectivity index (χ2v) is 7.38. The summed E-state index contributed by atoms with van der Waals surface area (Å²) >= 11 is 0. The number of nitrogens with zero attached hydrogens (tertiary/aromatic N) is 2. The molecule has 6 N–H and O–H groups in total. The summed E-state index contributed by atoms with van der Waals surface area (Å²) in [4.78, 5) is 31.7. The second kappa shape index (κ2) is 12.9. The molecule has 1 amide bonds. The summed E-state index contributed by atoms with van der Waals surface area (Å²) in [5, 5.41) is 14.8. The maximum absolute atomic E-state index is 12.0. The molecule has 0 bridgehead atoms. The topological polar surface area (TPSA) is 151 Å². The minimum atomic E-state index is -0.452. The summed E-state index contributed by atoms with van der Waals surface area (Å²) in [6.45, 7) is 5.34. The minimum Gasteiger partial charge on any atom is -0.491 e. The van der Waals surface area contributed by atoms with Gasteiger partial charge in [0.1, 0.15) is 11.6 Å². The molecule has 0 saturated carbocycles. The zero-order valence-electron chi connectivity index (χ0n) is 19.0. The third-order valence-corrected chi connectivity index (χ3v) is 4.83. The van der Waals surface area contributed by atoms with Gasteiger partial charge in [0, 0.05) is 23.9 Å². The van der Waals surface area contributed by atoms with Crippen LogP contribution in [0.1, 0.15) is 30.1 Å². The van der Waals surface area contributed by atoms with Crippen molar-refractivity contribution in [1.29, 1.82) is 0 Å². The number of ketones is 1. The van der Waals surface area contributed by atoms with Crippen LogP contribution in [-0.4, -0.2) is 33.0 Å². The van der Waals surface area contributed by atoms with Gasteiger partial charge in [-0.2, -0.15) is 4.98 Å². The van der Waals surface area contributed by atoms with E-state index in [4.69, 9.17) is 15.7 Å². The summed E-state index contributed by atoms with van der Waals surface area (Å²) in [6.07, 6.45) is 3.24. The number of allylic oxidation sites excluding steroid dienone is 1. The van der Waals surface area contributed by atoms with Crippen molar-refractivity contribution in [3.05, 3.63) is 72.9 Å². The number of hydroxylamine groups is 1. The number of nitrogens with one attached hydrogen (secondary N) is 3. The van der Waals surface area contributed by atoms with Crippen LogP contribution < -0.4 is 26.6 Å². The molecule has 1 heterocycles. The lowest BCUT2D eigenvalue weighted by Gasteiger charge is -2.15. The number of carbonyl (C=O) groups is 2. The summed E-state index contributed by atoms with van der Waals surface area (Å²) in [7, 11) is 0. The molecule has 0 radical (unpaired) electrons. The number of halogens is 1. The number of hydrogen-bond acceptors (Lipinski definition) is 9. The van der Waals surface area contributed by atoms with Crippen molar-refractivity contribution in [3.8, 4) is 5.75 Å². The Hall–Kier alpha value is -4.15. The zero-order chi connectivity index (χ0) is 24.5. The quantitative estimate of drug-likeness (QED) is 0.0851. The third kappa shape index (κ3) is 7.70. The number of benzene rings is 2. The smallest absolute Gasteiger partial charge is 0.243 e. The predicted molar refractivity (Wildman–Crippen MR) is 137 cm³/mol. The zero-order valence-corrected chi connectivity index (χ0v) is 19.8. The predicted octanol–water partition coefficient (Wildman–Crippen LogP) is 4.39. The standard InChI is InChI=1S/C24H26N6O4.ClH/c1-3-20(31)18-5-4-6-19(23(18)25)28-21-13-14-26-24(29-21)27-16-8-10-17(11-9-16)34-15(2)7-12-22(32)30-33;/h3-6,8-11,13-15,33H,1,7,12,25H2,2H3,(H,30,32)(H2,26,27,28,29);1H. The monoisotopic (exact) mass is 498 g/mol. The number of anilines is 5. The van der Waals surface area contributed by atoms with Gasteiger partial charge >= 0.3 is 0 Å². The van der Waals surface area contributed by atoms with Crippen molar-refractivity contribution in [1.82, 2.24) is 15.4 Å². The molecule has 11 heteroatoms. The van der Waals surface area contributed by atoms with Crippen LogP contribution in [-0.2, 0) is 4.79 Å². The van der Waals surface area contributed by atoms with Gasteiger partial charge in [0.15, 0.2) is 5.78 Å². The summed E-state index contributed by atoms with van der Waals surface area (Å²) in [5.41, 5.74) is 9.69. The number of para-hydroxylation sites is 1. The Morgan fingerprint density at radius 3 is 2.60 bits per heavy atom. The fraction of sp³-hybridized carbons (Fsp3) is 0.167. The van der Waals surface area contributed by atoms with Gasteiger partial charge < -0.3 is 21.1 Å². The van der Waals surface area contributed by atoms with E-state index in [0.29, 0.717) is 40.9 Å². The first-order chi connectivity index (χ1) is 16.4. The van der Waals surface area contributed by atoms with Crippen molar-refractivity contribution in [2.24, 2.45) is 0 Å². The summed E-state index contributed by atoms with van der Waals surface area (Å²) in [6, 6.07) is 14.0. The number of nitrogen functional groups attached to an aromatic ring is 1. The lowest BCUT2D eigenvalue weighted by molar-refractivity contribution is -0.129. The Bertz CT molecular complexity index is 1170. The van der Waals surface area contributed by atoms with Crippen LogP contribution in [0.3, 0.4) is 0 Å². The van der Waals surface area contributed by atoms with Crippen LogP contribution in [0.15, 0.2) is 67.4 Å². The molecule has 1 atom stereocenters. The van der Waals surface area contributed by atoms with Gasteiger partial charge in [-0.05, 0) is 61.9 Å². The van der Waals surface area contributed by atoms with Crippen LogP contribution in [0.5, 0.6) is 5.75 Å². The van der Waals surface area contributed by atoms with Crippen LogP contribution in [0.2, 0.25) is 0 Å². The molecule has 1 unspecified atom stereocenters. The Balaban J connectivity index is 0.00000432. The van der Waals surface area contributed by atoms with E-state index < -0.39 is 5.91 Å². The number of amides is 1. The third-order valence-electron chi connectivity index (χ3n) is 4.83. The van der Waals surface area contributed by atoms with Crippen molar-refractivity contribution in [2.75, 3.05) is 16.4 Å². The van der Waals surface area contributed by atoms with Gasteiger partial charge in [0.2, 0.25) is 11.9 Å². The van der Waals surface area contributed by atoms with E-state index in [1.807, 2.05) is 19.1 Å². The van der Waals surface area contributed by atoms with Gasteiger partial charge in [0.25, 0.3) is 0 Å². The number of hydrogen-bond donors (Lipinski definition) is 5. The van der Waals surface area contributed by atoms with E-state index in [9.17, 15) is 9.59 Å². The normalized spacial score (nSPS) is 10.9. The Morgan fingerprint density at radius 1 is 1.17 bits per heavy atom. The molecule has 0 fully saturated rings. The SMILES string of the molecule is C=CC(=O)c1cccc(Nc2ccnc(Nc3ccc(OC(C)CCC(=O)NO)cc3)n2)c1N.Cl. The lowest BCUT2D eigenvalue weighted by atomic mass is 10.1. The Kier molecular flexibility index (Phi) is 10.0. The van der Waals surface area contributed by atoms with E-state index in [0.717, 1.165) is 5.69 Å². The average molecular weight is 499 g/mol. The fourth-order valence-corrected chi connectivity index (χ4v) is 3.05. The van der Waals surface area contributed by atoms with E-state index in [1.54, 1.807) is 48.1 Å². The highest BCUT2D eigenvalue weighted by Gasteiger charge is 2.11. The highest BCUT2D eigenvalue weighted by atomic mass is 35.5. The van der Waals surface area contributed by atoms with E-state index in [-0.39, 0.29) is 30.7 Å². The molecular weight excluding hydrogens is 472 g/mol. The molecule has 3 rings (SSSR count). The van der Waals surface area contributed by atoms with Gasteiger partial charge in [0.05, 0.1) is 17.5 Å². The second-order valence-electron chi connectivity index (χ2n) is 7.38. The largest absolute Gasteiger partial charge is 0.491 e. The first-order valence-electron chi connectivity index (χ1n) is 10.5. The first kappa shape index (κ1) is 27.1. The summed E-state index contributed by atoms with van der Waals surface area (Å²) in [5.74, 6) is 0.784. The van der Waals surface area contributed by atoms with Crippen molar-refractivity contribution < 1.29 is 19.5 Å². The summed E-state index contributed by atoms with van der Waals surface area (Å²) < 4.78 is 5.77. The average Bonchev–Trinajstić information content (AvgIpc) is 2.85. The van der Waals surface area contributed by atoms with Gasteiger partial charge in [-0.15, -0.1) is 12.4 Å². The maximum atomic E-state index is 12.0.